The first-order valence-corrected chi connectivity index (χ1v) is 13.2. The fourth-order valence-electron chi connectivity index (χ4n) is 5.25. The Morgan fingerprint density at radius 3 is 1.59 bits per heavy atom. The third-order valence-corrected chi connectivity index (χ3v) is 7.57. The second-order valence-corrected chi connectivity index (χ2v) is 9.73. The van der Waals surface area contributed by atoms with E-state index in [2.05, 4.69) is 52.9 Å². The topological polar surface area (TPSA) is 36.9 Å². The molecule has 2 aromatic carbocycles. The first kappa shape index (κ1) is 25.0. The van der Waals surface area contributed by atoms with E-state index in [0.717, 1.165) is 30.8 Å². The number of hydrogen-bond donors (Lipinski definition) is 0. The molecule has 176 valence electrons. The molecule has 32 heavy (non-hydrogen) atoms. The number of fused-ring (bicyclic) bond motifs is 1. The predicted molar refractivity (Wildman–Crippen MR) is 139 cm³/mol. The van der Waals surface area contributed by atoms with Crippen molar-refractivity contribution < 1.29 is 18.9 Å². The molecular weight excluding hydrogens is 515 g/mol. The second-order valence-electron chi connectivity index (χ2n) is 8.65. The van der Waals surface area contributed by atoms with Crippen LogP contribution in [0, 0.1) is 0 Å². The zero-order chi connectivity index (χ0) is 23.0. The van der Waals surface area contributed by atoms with Gasteiger partial charge in [0.1, 0.15) is 0 Å². The molecule has 0 heterocycles. The van der Waals surface area contributed by atoms with E-state index in [9.17, 15) is 0 Å². The van der Waals surface area contributed by atoms with Crippen molar-refractivity contribution in [3.63, 3.8) is 0 Å². The summed E-state index contributed by atoms with van der Waals surface area (Å²) >= 11 is 2.47. The average Bonchev–Trinajstić information content (AvgIpc) is 3.22. The molecule has 2 aromatic rings. The summed E-state index contributed by atoms with van der Waals surface area (Å²) in [6.07, 6.45) is 10.9. The van der Waals surface area contributed by atoms with Crippen LogP contribution in [0.4, 0.5) is 0 Å². The summed E-state index contributed by atoms with van der Waals surface area (Å²) in [4.78, 5) is 0. The highest BCUT2D eigenvalue weighted by Crippen LogP contribution is 2.57. The van der Waals surface area contributed by atoms with E-state index in [-0.39, 0.29) is 5.41 Å². The van der Waals surface area contributed by atoms with Gasteiger partial charge < -0.3 is 18.9 Å². The van der Waals surface area contributed by atoms with Gasteiger partial charge in [-0.25, -0.2) is 0 Å². The largest absolute Gasteiger partial charge is 0.492 e. The van der Waals surface area contributed by atoms with E-state index < -0.39 is 0 Å². The zero-order valence-electron chi connectivity index (χ0n) is 20.0. The van der Waals surface area contributed by atoms with Gasteiger partial charge in [-0.15, -0.1) is 0 Å². The maximum absolute atomic E-state index is 5.87. The fraction of sp³-hybridized carbons (Fsp3) is 0.556. The van der Waals surface area contributed by atoms with Gasteiger partial charge in [0, 0.05) is 16.5 Å². The molecule has 0 unspecified atom stereocenters. The molecule has 0 spiro atoms. The SMILES string of the molecule is COc1c2c(c(OC)c(OC)c1OC)CC(CCCCCCCCI)(c1ccccc1)C2. The summed E-state index contributed by atoms with van der Waals surface area (Å²) in [5.41, 5.74) is 3.80. The van der Waals surface area contributed by atoms with Crippen LogP contribution < -0.4 is 18.9 Å². The third-order valence-electron chi connectivity index (χ3n) is 6.80. The van der Waals surface area contributed by atoms with Crippen LogP contribution >= 0.6 is 22.6 Å². The second kappa shape index (κ2) is 12.0. The number of hydrogen-bond acceptors (Lipinski definition) is 4. The number of unbranched alkanes of at least 4 members (excludes halogenated alkanes) is 5. The number of alkyl halides is 1. The van der Waals surface area contributed by atoms with E-state index in [1.165, 1.54) is 59.6 Å². The van der Waals surface area contributed by atoms with Crippen LogP contribution in [0.15, 0.2) is 30.3 Å². The molecule has 0 atom stereocenters. The fourth-order valence-corrected chi connectivity index (χ4v) is 5.79. The molecule has 0 N–H and O–H groups in total. The van der Waals surface area contributed by atoms with Crippen LogP contribution in [0.5, 0.6) is 23.0 Å². The van der Waals surface area contributed by atoms with Crippen LogP contribution in [0.25, 0.3) is 0 Å². The van der Waals surface area contributed by atoms with Crippen LogP contribution in [0.1, 0.15) is 61.6 Å². The zero-order valence-corrected chi connectivity index (χ0v) is 22.1. The molecule has 3 rings (SSSR count). The van der Waals surface area contributed by atoms with Gasteiger partial charge in [-0.05, 0) is 35.7 Å². The maximum atomic E-state index is 5.87. The monoisotopic (exact) mass is 552 g/mol. The van der Waals surface area contributed by atoms with Gasteiger partial charge in [0.25, 0.3) is 0 Å². The lowest BCUT2D eigenvalue weighted by Gasteiger charge is -2.30. The molecule has 0 bridgehead atoms. The van der Waals surface area contributed by atoms with Gasteiger partial charge >= 0.3 is 0 Å². The standard InChI is InChI=1S/C27H37IO4/c1-29-23-21-18-27(20-14-10-9-11-15-20,16-12-7-5-6-8-13-17-28)19-22(21)24(30-2)26(32-4)25(23)31-3/h9-11,14-15H,5-8,12-13,16-19H2,1-4H3. The summed E-state index contributed by atoms with van der Waals surface area (Å²) < 4.78 is 24.4. The van der Waals surface area contributed by atoms with Crippen molar-refractivity contribution in [2.45, 2.75) is 63.2 Å². The Labute approximate surface area is 207 Å². The number of halogens is 1. The van der Waals surface area contributed by atoms with Gasteiger partial charge in [-0.3, -0.25) is 0 Å². The van der Waals surface area contributed by atoms with Crippen molar-refractivity contribution >= 4 is 22.6 Å². The van der Waals surface area contributed by atoms with Crippen LogP contribution in [-0.2, 0) is 18.3 Å². The van der Waals surface area contributed by atoms with Gasteiger partial charge in [0.2, 0.25) is 11.5 Å². The van der Waals surface area contributed by atoms with Crippen LogP contribution in [0.3, 0.4) is 0 Å². The normalized spacial score (nSPS) is 14.2. The lowest BCUT2D eigenvalue weighted by Crippen LogP contribution is -2.27. The number of rotatable bonds is 13. The Bertz CT molecular complexity index is 825. The first-order valence-electron chi connectivity index (χ1n) is 11.6. The highest BCUT2D eigenvalue weighted by molar-refractivity contribution is 14.1. The average molecular weight is 552 g/mol. The molecule has 0 saturated heterocycles. The summed E-state index contributed by atoms with van der Waals surface area (Å²) in [5, 5.41) is 0. The molecule has 5 heteroatoms. The Kier molecular flexibility index (Phi) is 9.38. The Balaban J connectivity index is 1.93. The third kappa shape index (κ3) is 5.13. The van der Waals surface area contributed by atoms with E-state index in [4.69, 9.17) is 18.9 Å². The quantitative estimate of drug-likeness (QED) is 0.154. The molecule has 0 radical (unpaired) electrons. The van der Waals surface area contributed by atoms with Crippen molar-refractivity contribution in [3.8, 4) is 23.0 Å². The van der Waals surface area contributed by atoms with E-state index in [1.54, 1.807) is 28.4 Å². The minimum Gasteiger partial charge on any atom is -0.492 e. The first-order chi connectivity index (χ1) is 15.7. The van der Waals surface area contributed by atoms with E-state index in [0.29, 0.717) is 11.5 Å². The minimum atomic E-state index is 0.0315. The molecule has 4 nitrogen and oxygen atoms in total. The molecule has 0 fully saturated rings. The molecule has 0 saturated carbocycles. The molecule has 0 amide bonds. The Morgan fingerprint density at radius 2 is 1.12 bits per heavy atom. The van der Waals surface area contributed by atoms with Crippen molar-refractivity contribution in [2.75, 3.05) is 32.9 Å². The summed E-state index contributed by atoms with van der Waals surface area (Å²) in [5.74, 6) is 2.78. The van der Waals surface area contributed by atoms with Crippen molar-refractivity contribution in [1.29, 1.82) is 0 Å². The molecule has 1 aliphatic carbocycles. The number of methoxy groups -OCH3 is 4. The van der Waals surface area contributed by atoms with Crippen LogP contribution in [-0.4, -0.2) is 32.9 Å². The summed E-state index contributed by atoms with van der Waals surface area (Å²) in [6.45, 7) is 0. The maximum Gasteiger partial charge on any atom is 0.207 e. The van der Waals surface area contributed by atoms with E-state index >= 15 is 0 Å². The lowest BCUT2D eigenvalue weighted by molar-refractivity contribution is 0.303. The van der Waals surface area contributed by atoms with Crippen molar-refractivity contribution in [2.24, 2.45) is 0 Å². The lowest BCUT2D eigenvalue weighted by atomic mass is 9.74. The van der Waals surface area contributed by atoms with Gasteiger partial charge in [0.05, 0.1) is 28.4 Å². The molecule has 0 aliphatic heterocycles. The predicted octanol–water partition coefficient (Wildman–Crippen LogP) is 6.92. The van der Waals surface area contributed by atoms with Gasteiger partial charge in [0.15, 0.2) is 11.5 Å². The van der Waals surface area contributed by atoms with Crippen molar-refractivity contribution in [3.05, 3.63) is 47.0 Å². The molecule has 0 aromatic heterocycles. The molecular formula is C27H37IO4. The summed E-state index contributed by atoms with van der Waals surface area (Å²) in [7, 11) is 6.73. The highest BCUT2D eigenvalue weighted by atomic mass is 127. The number of ether oxygens (including phenoxy) is 4. The van der Waals surface area contributed by atoms with Crippen molar-refractivity contribution in [1.82, 2.24) is 0 Å². The summed E-state index contributed by atoms with van der Waals surface area (Å²) in [6, 6.07) is 11.0. The Hall–Kier alpha value is -1.63. The molecule has 1 aliphatic rings. The minimum absolute atomic E-state index is 0.0315. The Morgan fingerprint density at radius 1 is 0.656 bits per heavy atom. The van der Waals surface area contributed by atoms with Gasteiger partial charge in [-0.1, -0.05) is 85.0 Å². The van der Waals surface area contributed by atoms with Gasteiger partial charge in [-0.2, -0.15) is 0 Å². The van der Waals surface area contributed by atoms with Crippen LogP contribution in [0.2, 0.25) is 0 Å². The number of benzene rings is 2. The van der Waals surface area contributed by atoms with E-state index in [1.807, 2.05) is 0 Å². The highest BCUT2D eigenvalue weighted by Gasteiger charge is 2.43. The smallest absolute Gasteiger partial charge is 0.207 e.